The van der Waals surface area contributed by atoms with Gasteiger partial charge in [-0.05, 0) is 6.92 Å². The summed E-state index contributed by atoms with van der Waals surface area (Å²) in [6, 6.07) is 18.6. The molecule has 2 atom stereocenters. The zero-order valence-electron chi connectivity index (χ0n) is 13.3. The smallest absolute Gasteiger partial charge is 0.339 e. The van der Waals surface area contributed by atoms with E-state index in [9.17, 15) is 4.79 Å². The van der Waals surface area contributed by atoms with Gasteiger partial charge in [0.05, 0.1) is 7.11 Å². The molecule has 4 rings (SSSR count). The van der Waals surface area contributed by atoms with Crippen LogP contribution in [0.15, 0.2) is 71.8 Å². The Morgan fingerprint density at radius 3 is 1.92 bits per heavy atom. The van der Waals surface area contributed by atoms with Gasteiger partial charge in [0, 0.05) is 16.7 Å². The van der Waals surface area contributed by atoms with Crippen molar-refractivity contribution in [3.63, 3.8) is 0 Å². The van der Waals surface area contributed by atoms with Gasteiger partial charge in [-0.3, -0.25) is 4.74 Å². The third-order valence-corrected chi connectivity index (χ3v) is 4.46. The number of hydrogen-bond acceptors (Lipinski definition) is 5. The van der Waals surface area contributed by atoms with Crippen LogP contribution in [0.5, 0.6) is 0 Å². The Morgan fingerprint density at radius 2 is 1.38 bits per heavy atom. The van der Waals surface area contributed by atoms with Crippen LogP contribution in [0.4, 0.5) is 0 Å². The molecule has 1 saturated heterocycles. The quantitative estimate of drug-likeness (QED) is 0.641. The van der Waals surface area contributed by atoms with Gasteiger partial charge in [-0.2, -0.15) is 9.78 Å². The predicted molar refractivity (Wildman–Crippen MR) is 84.2 cm³/mol. The Hall–Kier alpha value is -2.47. The lowest BCUT2D eigenvalue weighted by atomic mass is 9.91. The maximum absolute atomic E-state index is 12.5. The van der Waals surface area contributed by atoms with Gasteiger partial charge in [0.25, 0.3) is 11.6 Å². The molecular formula is C19H16O5. The number of benzene rings is 2. The minimum Gasteiger partial charge on any atom is -0.465 e. The fourth-order valence-electron chi connectivity index (χ4n) is 3.28. The molecule has 2 aromatic carbocycles. The fourth-order valence-corrected chi connectivity index (χ4v) is 3.28. The summed E-state index contributed by atoms with van der Waals surface area (Å²) in [4.78, 5) is 23.7. The summed E-state index contributed by atoms with van der Waals surface area (Å²) in [5.74, 6) is -3.20. The van der Waals surface area contributed by atoms with E-state index in [4.69, 9.17) is 19.2 Å². The molecule has 0 N–H and O–H groups in total. The number of methoxy groups -OCH3 is 1. The predicted octanol–water partition coefficient (Wildman–Crippen LogP) is 3.17. The number of hydrogen-bond donors (Lipinski definition) is 0. The van der Waals surface area contributed by atoms with Crippen molar-refractivity contribution in [3.8, 4) is 0 Å². The first-order valence-electron chi connectivity index (χ1n) is 7.62. The second-order valence-electron chi connectivity index (χ2n) is 5.73. The summed E-state index contributed by atoms with van der Waals surface area (Å²) in [6.07, 6.45) is 0. The molecular weight excluding hydrogens is 308 g/mol. The second kappa shape index (κ2) is 5.27. The molecule has 0 radical (unpaired) electrons. The molecule has 2 heterocycles. The number of ether oxygens (including phenoxy) is 2. The molecule has 5 heteroatoms. The summed E-state index contributed by atoms with van der Waals surface area (Å²) >= 11 is 0. The van der Waals surface area contributed by atoms with Gasteiger partial charge < -0.3 is 4.74 Å². The lowest BCUT2D eigenvalue weighted by Crippen LogP contribution is -2.33. The molecule has 24 heavy (non-hydrogen) atoms. The first-order chi connectivity index (χ1) is 11.6. The number of esters is 1. The normalized spacial score (nSPS) is 28.2. The number of carbonyl (C=O) groups is 1. The zero-order valence-corrected chi connectivity index (χ0v) is 13.3. The van der Waals surface area contributed by atoms with Crippen molar-refractivity contribution in [1.82, 2.24) is 0 Å². The van der Waals surface area contributed by atoms with Crippen LogP contribution in [0, 0.1) is 0 Å². The van der Waals surface area contributed by atoms with E-state index in [1.807, 2.05) is 60.7 Å². The van der Waals surface area contributed by atoms with Crippen molar-refractivity contribution in [2.24, 2.45) is 0 Å². The molecule has 1 fully saturated rings. The van der Waals surface area contributed by atoms with E-state index in [1.54, 1.807) is 6.92 Å². The van der Waals surface area contributed by atoms with Crippen molar-refractivity contribution in [3.05, 3.63) is 82.9 Å². The highest BCUT2D eigenvalue weighted by atomic mass is 17.3. The third-order valence-electron chi connectivity index (χ3n) is 4.46. The van der Waals surface area contributed by atoms with E-state index < -0.39 is 17.5 Å². The van der Waals surface area contributed by atoms with Crippen molar-refractivity contribution in [2.45, 2.75) is 18.5 Å². The van der Waals surface area contributed by atoms with Crippen LogP contribution in [0.2, 0.25) is 0 Å². The highest BCUT2D eigenvalue weighted by molar-refractivity contribution is 5.92. The fraction of sp³-hybridized carbons (Fsp3) is 0.211. The molecule has 0 aliphatic carbocycles. The van der Waals surface area contributed by atoms with Crippen molar-refractivity contribution < 1.29 is 24.0 Å². The number of rotatable bonds is 3. The van der Waals surface area contributed by atoms with Crippen molar-refractivity contribution in [2.75, 3.05) is 7.11 Å². The molecule has 2 aromatic rings. The third kappa shape index (κ3) is 1.83. The maximum atomic E-state index is 12.5. The average Bonchev–Trinajstić information content (AvgIpc) is 3.17. The summed E-state index contributed by atoms with van der Waals surface area (Å²) in [7, 11) is 1.34. The minimum atomic E-state index is -1.44. The van der Waals surface area contributed by atoms with Crippen LogP contribution in [0.3, 0.4) is 0 Å². The molecule has 2 aliphatic rings. The minimum absolute atomic E-state index is 0.311. The van der Waals surface area contributed by atoms with Gasteiger partial charge in [0.2, 0.25) is 0 Å². The molecule has 2 aliphatic heterocycles. The Kier molecular flexibility index (Phi) is 3.31. The van der Waals surface area contributed by atoms with E-state index >= 15 is 0 Å². The Labute approximate surface area is 139 Å². The van der Waals surface area contributed by atoms with Gasteiger partial charge >= 0.3 is 5.97 Å². The largest absolute Gasteiger partial charge is 0.465 e. The molecule has 2 unspecified atom stereocenters. The average molecular weight is 324 g/mol. The first kappa shape index (κ1) is 15.1. The monoisotopic (exact) mass is 324 g/mol. The lowest BCUT2D eigenvalue weighted by molar-refractivity contribution is -0.352. The lowest BCUT2D eigenvalue weighted by Gasteiger charge is -2.26. The highest BCUT2D eigenvalue weighted by Gasteiger charge is 2.67. The van der Waals surface area contributed by atoms with Crippen LogP contribution in [0.1, 0.15) is 18.1 Å². The van der Waals surface area contributed by atoms with E-state index in [1.165, 1.54) is 7.11 Å². The molecule has 2 bridgehead atoms. The maximum Gasteiger partial charge on any atom is 0.339 e. The van der Waals surface area contributed by atoms with Gasteiger partial charge in [-0.15, -0.1) is 0 Å². The standard InChI is InChI=1S/C19H16O5/c1-13-16(17(20)21-2)19(15-11-7-4-8-12-15)22-18(13,23-24-19)14-9-5-3-6-10-14/h3-12H,1-2H3. The van der Waals surface area contributed by atoms with Crippen LogP contribution < -0.4 is 0 Å². The number of fused-ring (bicyclic) bond motifs is 2. The molecule has 0 spiro atoms. The molecule has 0 aromatic heterocycles. The second-order valence-corrected chi connectivity index (χ2v) is 5.73. The summed E-state index contributed by atoms with van der Waals surface area (Å²) < 4.78 is 11.2. The van der Waals surface area contributed by atoms with Crippen LogP contribution in [-0.4, -0.2) is 13.1 Å². The Morgan fingerprint density at radius 1 is 0.875 bits per heavy atom. The summed E-state index contributed by atoms with van der Waals surface area (Å²) in [6.45, 7) is 1.80. The van der Waals surface area contributed by atoms with Gasteiger partial charge in [-0.25, -0.2) is 4.79 Å². The topological polar surface area (TPSA) is 54.0 Å². The summed E-state index contributed by atoms with van der Waals surface area (Å²) in [5.41, 5.74) is 2.35. The van der Waals surface area contributed by atoms with E-state index in [0.29, 0.717) is 16.7 Å². The van der Waals surface area contributed by atoms with Crippen molar-refractivity contribution in [1.29, 1.82) is 0 Å². The van der Waals surface area contributed by atoms with Crippen LogP contribution in [-0.2, 0) is 35.6 Å². The van der Waals surface area contributed by atoms with Gasteiger partial charge in [0.15, 0.2) is 0 Å². The summed E-state index contributed by atoms with van der Waals surface area (Å²) in [5, 5.41) is 0. The molecule has 5 nitrogen and oxygen atoms in total. The SMILES string of the molecule is COC(=O)C1=C(C)C2(c3ccccc3)OOC1(c1ccccc1)O2. The van der Waals surface area contributed by atoms with Crippen LogP contribution in [0.25, 0.3) is 0 Å². The molecule has 0 amide bonds. The number of carbonyl (C=O) groups excluding carboxylic acids is 1. The van der Waals surface area contributed by atoms with Crippen molar-refractivity contribution >= 4 is 5.97 Å². The Bertz CT molecular complexity index is 814. The highest BCUT2D eigenvalue weighted by Crippen LogP contribution is 2.60. The first-order valence-corrected chi connectivity index (χ1v) is 7.62. The van der Waals surface area contributed by atoms with Crippen LogP contribution >= 0.6 is 0 Å². The van der Waals surface area contributed by atoms with E-state index in [2.05, 4.69) is 0 Å². The van der Waals surface area contributed by atoms with Gasteiger partial charge in [-0.1, -0.05) is 60.7 Å². The van der Waals surface area contributed by atoms with Gasteiger partial charge in [0.1, 0.15) is 5.57 Å². The van der Waals surface area contributed by atoms with E-state index in [0.717, 1.165) is 5.56 Å². The molecule has 122 valence electrons. The van der Waals surface area contributed by atoms with E-state index in [-0.39, 0.29) is 0 Å². The Balaban J connectivity index is 1.94. The molecule has 0 saturated carbocycles. The zero-order chi connectivity index (χ0) is 16.8.